The summed E-state index contributed by atoms with van der Waals surface area (Å²) < 4.78 is 5.23. The van der Waals surface area contributed by atoms with Crippen molar-refractivity contribution < 1.29 is 14.5 Å². The third kappa shape index (κ3) is 2.50. The molecule has 1 aliphatic heterocycles. The van der Waals surface area contributed by atoms with E-state index in [0.717, 1.165) is 0 Å². The molecule has 2 rings (SSSR count). The molecule has 0 radical (unpaired) electrons. The zero-order chi connectivity index (χ0) is 14.9. The van der Waals surface area contributed by atoms with Crippen LogP contribution >= 0.6 is 0 Å². The molecule has 3 N–H and O–H groups in total. The predicted octanol–water partition coefficient (Wildman–Crippen LogP) is 1.21. The van der Waals surface area contributed by atoms with Crippen molar-refractivity contribution in [1.82, 2.24) is 0 Å². The van der Waals surface area contributed by atoms with E-state index in [1.165, 1.54) is 12.1 Å². The second-order valence-corrected chi connectivity index (χ2v) is 5.25. The van der Waals surface area contributed by atoms with Crippen LogP contribution in [0.5, 0.6) is 0 Å². The highest BCUT2D eigenvalue weighted by Crippen LogP contribution is 2.29. The van der Waals surface area contributed by atoms with Crippen molar-refractivity contribution in [2.45, 2.75) is 19.9 Å². The largest absolute Gasteiger partial charge is 0.379 e. The number of nitro benzene ring substituents is 1. The summed E-state index contributed by atoms with van der Waals surface area (Å²) in [5.41, 5.74) is 6.13. The Morgan fingerprint density at radius 2 is 2.30 bits per heavy atom. The van der Waals surface area contributed by atoms with Gasteiger partial charge in [-0.05, 0) is 26.0 Å². The van der Waals surface area contributed by atoms with Crippen LogP contribution in [0.4, 0.5) is 11.4 Å². The van der Waals surface area contributed by atoms with Crippen molar-refractivity contribution in [3.63, 3.8) is 0 Å². The molecule has 1 fully saturated rings. The molecule has 0 aromatic heterocycles. The number of anilines is 1. The molecule has 1 saturated heterocycles. The number of nitrogens with two attached hydrogens (primary N) is 1. The average molecular weight is 279 g/mol. The minimum absolute atomic E-state index is 0.0233. The van der Waals surface area contributed by atoms with Crippen LogP contribution in [0.25, 0.3) is 0 Å². The Kier molecular flexibility index (Phi) is 3.74. The van der Waals surface area contributed by atoms with Crippen molar-refractivity contribution in [3.05, 3.63) is 33.9 Å². The van der Waals surface area contributed by atoms with Gasteiger partial charge in [0.25, 0.3) is 5.69 Å². The number of aryl methyl sites for hydroxylation is 1. The van der Waals surface area contributed by atoms with Gasteiger partial charge in [0, 0.05) is 23.4 Å². The minimum Gasteiger partial charge on any atom is -0.379 e. The van der Waals surface area contributed by atoms with Gasteiger partial charge in [0.05, 0.1) is 23.6 Å². The maximum absolute atomic E-state index is 12.3. The van der Waals surface area contributed by atoms with Crippen molar-refractivity contribution in [3.8, 4) is 0 Å². The number of hydrogen-bond donors (Lipinski definition) is 2. The van der Waals surface area contributed by atoms with Gasteiger partial charge >= 0.3 is 0 Å². The molecule has 0 aliphatic carbocycles. The van der Waals surface area contributed by atoms with Crippen molar-refractivity contribution in [2.75, 3.05) is 18.5 Å². The first kappa shape index (κ1) is 14.4. The SMILES string of the molecule is Cc1cc(NC(=O)C2(C)COCC2N)ccc1[N+](=O)[O-]. The van der Waals surface area contributed by atoms with Crippen LogP contribution < -0.4 is 11.1 Å². The zero-order valence-electron chi connectivity index (χ0n) is 11.4. The normalized spacial score (nSPS) is 25.4. The Labute approximate surface area is 116 Å². The van der Waals surface area contributed by atoms with Crippen LogP contribution in [-0.4, -0.2) is 30.1 Å². The lowest BCUT2D eigenvalue weighted by atomic mass is 9.85. The standard InChI is InChI=1S/C13H17N3O4/c1-8-5-9(3-4-10(8)16(18)19)15-12(17)13(2)7-20-6-11(13)14/h3-5,11H,6-7,14H2,1-2H3,(H,15,17). The summed E-state index contributed by atoms with van der Waals surface area (Å²) >= 11 is 0. The summed E-state index contributed by atoms with van der Waals surface area (Å²) in [5.74, 6) is -0.240. The first-order valence-corrected chi connectivity index (χ1v) is 6.24. The van der Waals surface area contributed by atoms with E-state index in [9.17, 15) is 14.9 Å². The highest BCUT2D eigenvalue weighted by Gasteiger charge is 2.44. The van der Waals surface area contributed by atoms with Gasteiger partial charge in [0.1, 0.15) is 0 Å². The smallest absolute Gasteiger partial charge is 0.272 e. The number of benzene rings is 1. The van der Waals surface area contributed by atoms with Crippen molar-refractivity contribution >= 4 is 17.3 Å². The van der Waals surface area contributed by atoms with Crippen LogP contribution in [-0.2, 0) is 9.53 Å². The highest BCUT2D eigenvalue weighted by molar-refractivity contribution is 5.96. The molecule has 0 bridgehead atoms. The number of carbonyl (C=O) groups excluding carboxylic acids is 1. The Morgan fingerprint density at radius 1 is 1.60 bits per heavy atom. The van der Waals surface area contributed by atoms with E-state index in [4.69, 9.17) is 10.5 Å². The third-order valence-electron chi connectivity index (χ3n) is 3.69. The van der Waals surface area contributed by atoms with Gasteiger partial charge in [0.2, 0.25) is 5.91 Å². The maximum atomic E-state index is 12.3. The summed E-state index contributed by atoms with van der Waals surface area (Å²) in [4.78, 5) is 22.6. The lowest BCUT2D eigenvalue weighted by Gasteiger charge is -2.25. The summed E-state index contributed by atoms with van der Waals surface area (Å²) in [6.07, 6.45) is 0. The van der Waals surface area contributed by atoms with Gasteiger partial charge in [-0.15, -0.1) is 0 Å². The molecule has 1 aromatic rings. The molecule has 1 aliphatic rings. The number of rotatable bonds is 3. The van der Waals surface area contributed by atoms with Crippen LogP contribution in [0, 0.1) is 22.5 Å². The Bertz CT molecular complexity index is 561. The van der Waals surface area contributed by atoms with Gasteiger partial charge in [-0.25, -0.2) is 0 Å². The van der Waals surface area contributed by atoms with E-state index in [-0.39, 0.29) is 24.2 Å². The quantitative estimate of drug-likeness (QED) is 0.638. The molecule has 1 heterocycles. The molecular formula is C13H17N3O4. The molecule has 2 atom stereocenters. The first-order valence-electron chi connectivity index (χ1n) is 6.24. The van der Waals surface area contributed by atoms with Crippen molar-refractivity contribution in [1.29, 1.82) is 0 Å². The molecular weight excluding hydrogens is 262 g/mol. The van der Waals surface area contributed by atoms with E-state index >= 15 is 0 Å². The summed E-state index contributed by atoms with van der Waals surface area (Å²) in [6.45, 7) is 3.99. The maximum Gasteiger partial charge on any atom is 0.272 e. The van der Waals surface area contributed by atoms with Gasteiger partial charge in [-0.2, -0.15) is 0 Å². The van der Waals surface area contributed by atoms with Gasteiger partial charge < -0.3 is 15.8 Å². The van der Waals surface area contributed by atoms with E-state index in [1.807, 2.05) is 0 Å². The van der Waals surface area contributed by atoms with Gasteiger partial charge in [0.15, 0.2) is 0 Å². The minimum atomic E-state index is -0.782. The molecule has 0 spiro atoms. The fourth-order valence-electron chi connectivity index (χ4n) is 2.13. The zero-order valence-corrected chi connectivity index (χ0v) is 11.4. The third-order valence-corrected chi connectivity index (χ3v) is 3.69. The van der Waals surface area contributed by atoms with Crippen LogP contribution in [0.15, 0.2) is 18.2 Å². The molecule has 1 amide bonds. The predicted molar refractivity (Wildman–Crippen MR) is 73.4 cm³/mol. The highest BCUT2D eigenvalue weighted by atomic mass is 16.6. The molecule has 1 aromatic carbocycles. The second-order valence-electron chi connectivity index (χ2n) is 5.25. The molecule has 20 heavy (non-hydrogen) atoms. The number of nitrogens with one attached hydrogen (secondary N) is 1. The monoisotopic (exact) mass is 279 g/mol. The molecule has 2 unspecified atom stereocenters. The van der Waals surface area contributed by atoms with Crippen LogP contribution in [0.2, 0.25) is 0 Å². The number of ether oxygens (including phenoxy) is 1. The number of hydrogen-bond acceptors (Lipinski definition) is 5. The van der Waals surface area contributed by atoms with E-state index < -0.39 is 10.3 Å². The number of nitrogens with zero attached hydrogens (tertiary/aromatic N) is 1. The number of nitro groups is 1. The summed E-state index contributed by atoms with van der Waals surface area (Å²) in [7, 11) is 0. The molecule has 0 saturated carbocycles. The lowest BCUT2D eigenvalue weighted by molar-refractivity contribution is -0.385. The first-order chi connectivity index (χ1) is 9.34. The molecule has 7 heteroatoms. The lowest BCUT2D eigenvalue weighted by Crippen LogP contribution is -2.47. The average Bonchev–Trinajstić information content (AvgIpc) is 2.70. The molecule has 7 nitrogen and oxygen atoms in total. The number of carbonyl (C=O) groups is 1. The Balaban J connectivity index is 2.16. The van der Waals surface area contributed by atoms with Gasteiger partial charge in [-0.3, -0.25) is 14.9 Å². The Hall–Kier alpha value is -1.99. The van der Waals surface area contributed by atoms with E-state index in [2.05, 4.69) is 5.32 Å². The van der Waals surface area contributed by atoms with Gasteiger partial charge in [-0.1, -0.05) is 0 Å². The summed E-state index contributed by atoms with van der Waals surface area (Å²) in [6, 6.07) is 4.09. The fraction of sp³-hybridized carbons (Fsp3) is 0.462. The second kappa shape index (κ2) is 5.18. The number of amides is 1. The summed E-state index contributed by atoms with van der Waals surface area (Å²) in [5, 5.41) is 13.5. The Morgan fingerprint density at radius 3 is 2.80 bits per heavy atom. The van der Waals surface area contributed by atoms with Crippen LogP contribution in [0.3, 0.4) is 0 Å². The van der Waals surface area contributed by atoms with Crippen molar-refractivity contribution in [2.24, 2.45) is 11.1 Å². The fourth-order valence-corrected chi connectivity index (χ4v) is 2.13. The topological polar surface area (TPSA) is 107 Å². The molecule has 108 valence electrons. The van der Waals surface area contributed by atoms with E-state index in [0.29, 0.717) is 17.9 Å². The van der Waals surface area contributed by atoms with E-state index in [1.54, 1.807) is 19.9 Å². The van der Waals surface area contributed by atoms with Crippen LogP contribution in [0.1, 0.15) is 12.5 Å².